The monoisotopic (exact) mass is 407 g/mol. The maximum Gasteiger partial charge on any atom is 0.253 e. The van der Waals surface area contributed by atoms with Gasteiger partial charge in [0.1, 0.15) is 0 Å². The predicted octanol–water partition coefficient (Wildman–Crippen LogP) is 1.85. The molecule has 0 bridgehead atoms. The van der Waals surface area contributed by atoms with Crippen LogP contribution in [0.15, 0.2) is 30.5 Å². The van der Waals surface area contributed by atoms with Gasteiger partial charge in [0.15, 0.2) is 0 Å². The summed E-state index contributed by atoms with van der Waals surface area (Å²) in [5, 5.41) is 0. The Morgan fingerprint density at radius 1 is 1.17 bits per heavy atom. The number of likely N-dealkylation sites (N-methyl/N-ethyl adjacent to an activating group) is 1. The summed E-state index contributed by atoms with van der Waals surface area (Å²) >= 11 is 0. The molecule has 0 unspecified atom stereocenters. The van der Waals surface area contributed by atoms with Crippen LogP contribution in [0.5, 0.6) is 0 Å². The van der Waals surface area contributed by atoms with E-state index in [9.17, 15) is 4.79 Å². The highest BCUT2D eigenvalue weighted by atomic mass is 16.5. The fraction of sp³-hybridized carbons (Fsp3) is 0.522. The molecule has 1 aromatic carbocycles. The number of carbonyl (C=O) groups excluding carboxylic acids is 1. The van der Waals surface area contributed by atoms with Gasteiger partial charge in [-0.05, 0) is 32.5 Å². The maximum absolute atomic E-state index is 13.1. The van der Waals surface area contributed by atoms with Crippen LogP contribution in [0.4, 0.5) is 5.95 Å². The van der Waals surface area contributed by atoms with Gasteiger partial charge in [-0.2, -0.15) is 0 Å². The third-order valence-corrected chi connectivity index (χ3v) is 6.68. The van der Waals surface area contributed by atoms with Crippen molar-refractivity contribution in [3.05, 3.63) is 52.8 Å². The zero-order chi connectivity index (χ0) is 20.7. The highest BCUT2D eigenvalue weighted by Gasteiger charge is 2.46. The Balaban J connectivity index is 1.41. The van der Waals surface area contributed by atoms with E-state index in [0.717, 1.165) is 67.5 Å². The number of carbonyl (C=O) groups is 1. The summed E-state index contributed by atoms with van der Waals surface area (Å²) < 4.78 is 5.95. The molecule has 0 saturated carbocycles. The second kappa shape index (κ2) is 7.63. The van der Waals surface area contributed by atoms with Gasteiger partial charge in [0.05, 0.1) is 24.3 Å². The highest BCUT2D eigenvalue weighted by molar-refractivity contribution is 5.94. The standard InChI is InChI=1S/C23H29N5O2/c1-17-4-3-5-18(12-17)21(29)28-7-6-23(15-28)16-30-14-19-13-24-22(25-20(19)23)27-10-8-26(2)9-11-27/h3-5,12-13H,6-11,14-16H2,1-2H3/t23-/m0/s1. The molecule has 1 spiro atoms. The smallest absolute Gasteiger partial charge is 0.253 e. The van der Waals surface area contributed by atoms with Crippen LogP contribution in [0, 0.1) is 6.92 Å². The lowest BCUT2D eigenvalue weighted by Crippen LogP contribution is -2.46. The van der Waals surface area contributed by atoms with Gasteiger partial charge in [-0.1, -0.05) is 17.7 Å². The minimum atomic E-state index is -0.239. The zero-order valence-corrected chi connectivity index (χ0v) is 17.8. The van der Waals surface area contributed by atoms with Crippen molar-refractivity contribution >= 4 is 11.9 Å². The van der Waals surface area contributed by atoms with E-state index >= 15 is 0 Å². The number of likely N-dealkylation sites (tertiary alicyclic amines) is 1. The number of rotatable bonds is 2. The number of piperazine rings is 1. The average Bonchev–Trinajstić information content (AvgIpc) is 3.18. The molecule has 30 heavy (non-hydrogen) atoms. The van der Waals surface area contributed by atoms with E-state index in [-0.39, 0.29) is 11.3 Å². The lowest BCUT2D eigenvalue weighted by Gasteiger charge is -2.36. The second-order valence-corrected chi connectivity index (χ2v) is 8.95. The molecule has 158 valence electrons. The molecule has 2 fully saturated rings. The minimum absolute atomic E-state index is 0.0936. The van der Waals surface area contributed by atoms with Crippen molar-refractivity contribution in [3.63, 3.8) is 0 Å². The highest BCUT2D eigenvalue weighted by Crippen LogP contribution is 2.40. The summed E-state index contributed by atoms with van der Waals surface area (Å²) in [6, 6.07) is 7.83. The molecular formula is C23H29N5O2. The number of aromatic nitrogens is 2. The first-order chi connectivity index (χ1) is 14.5. The normalized spacial score (nSPS) is 24.3. The fourth-order valence-corrected chi connectivity index (χ4v) is 4.86. The van der Waals surface area contributed by atoms with Gasteiger partial charge in [-0.15, -0.1) is 0 Å². The Kier molecular flexibility index (Phi) is 4.95. The van der Waals surface area contributed by atoms with Crippen molar-refractivity contribution in [1.29, 1.82) is 0 Å². The molecule has 0 radical (unpaired) electrons. The molecule has 5 rings (SSSR count). The van der Waals surface area contributed by atoms with Gasteiger partial charge < -0.3 is 19.4 Å². The van der Waals surface area contributed by atoms with Gasteiger partial charge in [0, 0.05) is 56.6 Å². The van der Waals surface area contributed by atoms with E-state index in [1.807, 2.05) is 42.3 Å². The molecule has 1 atom stereocenters. The molecule has 3 aliphatic rings. The van der Waals surface area contributed by atoms with Gasteiger partial charge in [-0.25, -0.2) is 9.97 Å². The van der Waals surface area contributed by atoms with Crippen LogP contribution in [-0.4, -0.2) is 78.6 Å². The van der Waals surface area contributed by atoms with E-state index in [0.29, 0.717) is 19.8 Å². The van der Waals surface area contributed by atoms with Crippen molar-refractivity contribution in [3.8, 4) is 0 Å². The molecule has 1 aromatic heterocycles. The summed E-state index contributed by atoms with van der Waals surface area (Å²) in [6.45, 7) is 8.47. The Morgan fingerprint density at radius 2 is 2.00 bits per heavy atom. The summed E-state index contributed by atoms with van der Waals surface area (Å²) in [7, 11) is 2.15. The predicted molar refractivity (Wildman–Crippen MR) is 115 cm³/mol. The summed E-state index contributed by atoms with van der Waals surface area (Å²) in [5.41, 5.74) is 3.76. The minimum Gasteiger partial charge on any atom is -0.376 e. The second-order valence-electron chi connectivity index (χ2n) is 8.95. The van der Waals surface area contributed by atoms with E-state index in [1.54, 1.807) is 0 Å². The number of anilines is 1. The topological polar surface area (TPSA) is 61.8 Å². The van der Waals surface area contributed by atoms with Crippen molar-refractivity contribution in [2.75, 3.05) is 57.8 Å². The molecule has 2 saturated heterocycles. The number of amides is 1. The SMILES string of the molecule is Cc1cccc(C(=O)N2CC[C@@]3(COCc4cnc(N5CCN(C)CC5)nc43)C2)c1. The first kappa shape index (κ1) is 19.5. The number of benzene rings is 1. The molecule has 0 N–H and O–H groups in total. The lowest BCUT2D eigenvalue weighted by atomic mass is 9.80. The maximum atomic E-state index is 13.1. The lowest BCUT2D eigenvalue weighted by molar-refractivity contribution is 0.0484. The molecule has 7 nitrogen and oxygen atoms in total. The Labute approximate surface area is 177 Å². The van der Waals surface area contributed by atoms with Crippen molar-refractivity contribution < 1.29 is 9.53 Å². The van der Waals surface area contributed by atoms with Crippen LogP contribution in [0.25, 0.3) is 0 Å². The van der Waals surface area contributed by atoms with E-state index < -0.39 is 0 Å². The molecule has 3 aliphatic heterocycles. The third-order valence-electron chi connectivity index (χ3n) is 6.68. The molecule has 1 amide bonds. The first-order valence-electron chi connectivity index (χ1n) is 10.8. The average molecular weight is 408 g/mol. The quantitative estimate of drug-likeness (QED) is 0.757. The van der Waals surface area contributed by atoms with Crippen LogP contribution in [0.3, 0.4) is 0 Å². The van der Waals surface area contributed by atoms with Crippen molar-refractivity contribution in [2.45, 2.75) is 25.4 Å². The summed E-state index contributed by atoms with van der Waals surface area (Å²) in [4.78, 5) is 29.4. The van der Waals surface area contributed by atoms with E-state index in [1.165, 1.54) is 0 Å². The zero-order valence-electron chi connectivity index (χ0n) is 17.8. The number of nitrogens with zero attached hydrogens (tertiary/aromatic N) is 5. The van der Waals surface area contributed by atoms with Crippen LogP contribution < -0.4 is 4.90 Å². The van der Waals surface area contributed by atoms with Crippen LogP contribution in [0.2, 0.25) is 0 Å². The largest absolute Gasteiger partial charge is 0.376 e. The van der Waals surface area contributed by atoms with Crippen LogP contribution in [0.1, 0.15) is 33.6 Å². The van der Waals surface area contributed by atoms with E-state index in [4.69, 9.17) is 9.72 Å². The molecular weight excluding hydrogens is 378 g/mol. The van der Waals surface area contributed by atoms with Gasteiger partial charge >= 0.3 is 0 Å². The molecule has 7 heteroatoms. The number of ether oxygens (including phenoxy) is 1. The molecule has 2 aromatic rings. The number of hydrogen-bond acceptors (Lipinski definition) is 6. The number of aryl methyl sites for hydroxylation is 1. The summed E-state index contributed by atoms with van der Waals surface area (Å²) in [6.07, 6.45) is 2.80. The first-order valence-corrected chi connectivity index (χ1v) is 10.8. The van der Waals surface area contributed by atoms with Crippen LogP contribution in [-0.2, 0) is 16.8 Å². The third kappa shape index (κ3) is 3.46. The Morgan fingerprint density at radius 3 is 2.80 bits per heavy atom. The molecule has 4 heterocycles. The van der Waals surface area contributed by atoms with Crippen molar-refractivity contribution in [2.24, 2.45) is 0 Å². The van der Waals surface area contributed by atoms with Crippen molar-refractivity contribution in [1.82, 2.24) is 19.8 Å². The number of hydrogen-bond donors (Lipinski definition) is 0. The number of fused-ring (bicyclic) bond motifs is 2. The van der Waals surface area contributed by atoms with Crippen LogP contribution >= 0.6 is 0 Å². The Hall–Kier alpha value is -2.51. The van der Waals surface area contributed by atoms with Gasteiger partial charge in [-0.3, -0.25) is 4.79 Å². The van der Waals surface area contributed by atoms with Gasteiger partial charge in [0.25, 0.3) is 5.91 Å². The summed E-state index contributed by atoms with van der Waals surface area (Å²) in [5.74, 6) is 0.905. The van der Waals surface area contributed by atoms with Gasteiger partial charge in [0.2, 0.25) is 5.95 Å². The molecule has 0 aliphatic carbocycles. The fourth-order valence-electron chi connectivity index (χ4n) is 4.86. The van der Waals surface area contributed by atoms with E-state index in [2.05, 4.69) is 21.8 Å². The Bertz CT molecular complexity index is 956.